The number of ether oxygens (including phenoxy) is 1. The van der Waals surface area contributed by atoms with E-state index in [2.05, 4.69) is 14.3 Å². The molecule has 0 fully saturated rings. The maximum Gasteiger partial charge on any atom is 0.229 e. The standard InChI is InChI=1S/C10H11ClN4OS/c1-15(9-8(11)3-12-6-13-9)4-7-5-17-14-10(7)16-2/h3,5-6H,4H2,1-2H3. The third-order valence-electron chi connectivity index (χ3n) is 2.22. The lowest BCUT2D eigenvalue weighted by atomic mass is 10.3. The van der Waals surface area contributed by atoms with Gasteiger partial charge in [-0.1, -0.05) is 11.6 Å². The average molecular weight is 271 g/mol. The van der Waals surface area contributed by atoms with E-state index in [1.165, 1.54) is 17.9 Å². The van der Waals surface area contributed by atoms with E-state index in [-0.39, 0.29) is 0 Å². The molecule has 0 aliphatic rings. The predicted molar refractivity (Wildman–Crippen MR) is 67.8 cm³/mol. The molecule has 0 aromatic carbocycles. The maximum atomic E-state index is 6.02. The van der Waals surface area contributed by atoms with Crippen LogP contribution in [0.3, 0.4) is 0 Å². The van der Waals surface area contributed by atoms with E-state index in [1.807, 2.05) is 17.3 Å². The Bertz CT molecular complexity index is 505. The Morgan fingerprint density at radius 1 is 1.53 bits per heavy atom. The van der Waals surface area contributed by atoms with Crippen LogP contribution in [0.2, 0.25) is 5.02 Å². The summed E-state index contributed by atoms with van der Waals surface area (Å²) in [5.74, 6) is 1.34. The summed E-state index contributed by atoms with van der Waals surface area (Å²) in [6, 6.07) is 0. The monoisotopic (exact) mass is 270 g/mol. The molecule has 5 nitrogen and oxygen atoms in total. The van der Waals surface area contributed by atoms with E-state index in [0.717, 1.165) is 5.56 Å². The van der Waals surface area contributed by atoms with Crippen molar-refractivity contribution < 1.29 is 4.74 Å². The number of aromatic nitrogens is 3. The highest BCUT2D eigenvalue weighted by molar-refractivity contribution is 7.03. The van der Waals surface area contributed by atoms with Crippen molar-refractivity contribution >= 4 is 29.0 Å². The van der Waals surface area contributed by atoms with Gasteiger partial charge in [-0.2, -0.15) is 4.37 Å². The highest BCUT2D eigenvalue weighted by Crippen LogP contribution is 2.25. The van der Waals surface area contributed by atoms with Crippen LogP contribution in [0.1, 0.15) is 5.56 Å². The van der Waals surface area contributed by atoms with Crippen molar-refractivity contribution in [2.24, 2.45) is 0 Å². The van der Waals surface area contributed by atoms with Crippen molar-refractivity contribution in [3.8, 4) is 5.88 Å². The SMILES string of the molecule is COc1nscc1CN(C)c1ncncc1Cl. The Kier molecular flexibility index (Phi) is 3.75. The van der Waals surface area contributed by atoms with E-state index >= 15 is 0 Å². The summed E-state index contributed by atoms with van der Waals surface area (Å²) in [7, 11) is 3.52. The van der Waals surface area contributed by atoms with Crippen LogP contribution in [-0.2, 0) is 6.54 Å². The molecule has 2 heterocycles. The summed E-state index contributed by atoms with van der Waals surface area (Å²) in [6.07, 6.45) is 3.05. The smallest absolute Gasteiger partial charge is 0.229 e. The summed E-state index contributed by atoms with van der Waals surface area (Å²) >= 11 is 7.39. The Labute approximate surface area is 108 Å². The third-order valence-corrected chi connectivity index (χ3v) is 3.14. The van der Waals surface area contributed by atoms with Crippen LogP contribution in [0, 0.1) is 0 Å². The normalized spacial score (nSPS) is 10.3. The van der Waals surface area contributed by atoms with Gasteiger partial charge in [-0.15, -0.1) is 0 Å². The van der Waals surface area contributed by atoms with Crippen molar-refractivity contribution in [2.45, 2.75) is 6.54 Å². The molecule has 0 bridgehead atoms. The fourth-order valence-electron chi connectivity index (χ4n) is 1.44. The first-order valence-electron chi connectivity index (χ1n) is 4.86. The molecular formula is C10H11ClN4OS. The molecule has 0 saturated heterocycles. The molecule has 0 spiro atoms. The number of methoxy groups -OCH3 is 1. The first-order chi connectivity index (χ1) is 8.22. The van der Waals surface area contributed by atoms with Gasteiger partial charge < -0.3 is 9.64 Å². The second kappa shape index (κ2) is 5.29. The lowest BCUT2D eigenvalue weighted by Crippen LogP contribution is -2.18. The molecular weight excluding hydrogens is 260 g/mol. The first-order valence-corrected chi connectivity index (χ1v) is 6.07. The van der Waals surface area contributed by atoms with Gasteiger partial charge in [0.05, 0.1) is 19.9 Å². The molecule has 0 N–H and O–H groups in total. The Balaban J connectivity index is 2.17. The van der Waals surface area contributed by atoms with Gasteiger partial charge >= 0.3 is 0 Å². The minimum atomic E-state index is 0.525. The lowest BCUT2D eigenvalue weighted by molar-refractivity contribution is 0.397. The van der Waals surface area contributed by atoms with E-state index in [1.54, 1.807) is 13.3 Å². The van der Waals surface area contributed by atoms with Gasteiger partial charge in [0, 0.05) is 18.0 Å². The molecule has 0 unspecified atom stereocenters. The average Bonchev–Trinajstić information content (AvgIpc) is 2.76. The first kappa shape index (κ1) is 12.1. The van der Waals surface area contributed by atoms with Crippen LogP contribution in [-0.4, -0.2) is 28.5 Å². The minimum absolute atomic E-state index is 0.525. The molecule has 2 aromatic rings. The summed E-state index contributed by atoms with van der Waals surface area (Å²) in [5.41, 5.74) is 1.01. The number of nitrogens with zero attached hydrogens (tertiary/aromatic N) is 4. The van der Waals surface area contributed by atoms with Crippen molar-refractivity contribution in [3.05, 3.63) is 28.5 Å². The summed E-state index contributed by atoms with van der Waals surface area (Å²) in [4.78, 5) is 9.92. The number of hydrogen-bond donors (Lipinski definition) is 0. The van der Waals surface area contributed by atoms with E-state index in [4.69, 9.17) is 16.3 Å². The lowest BCUT2D eigenvalue weighted by Gasteiger charge is -2.18. The number of hydrogen-bond acceptors (Lipinski definition) is 6. The van der Waals surface area contributed by atoms with Crippen molar-refractivity contribution in [1.29, 1.82) is 0 Å². The number of rotatable bonds is 4. The number of halogens is 1. The van der Waals surface area contributed by atoms with Crippen molar-refractivity contribution in [3.63, 3.8) is 0 Å². The highest BCUT2D eigenvalue weighted by Gasteiger charge is 2.12. The minimum Gasteiger partial charge on any atom is -0.480 e. The fraction of sp³-hybridized carbons (Fsp3) is 0.300. The summed E-state index contributed by atoms with van der Waals surface area (Å²) in [6.45, 7) is 0.635. The van der Waals surface area contributed by atoms with Gasteiger partial charge in [0.25, 0.3) is 0 Å². The second-order valence-electron chi connectivity index (χ2n) is 3.40. The summed E-state index contributed by atoms with van der Waals surface area (Å²) in [5, 5.41) is 2.47. The molecule has 0 aliphatic heterocycles. The molecule has 0 aliphatic carbocycles. The van der Waals surface area contributed by atoms with Gasteiger partial charge in [-0.05, 0) is 11.5 Å². The molecule has 0 radical (unpaired) electrons. The van der Waals surface area contributed by atoms with Gasteiger partial charge in [-0.3, -0.25) is 0 Å². The predicted octanol–water partition coefficient (Wildman–Crippen LogP) is 2.23. The van der Waals surface area contributed by atoms with Crippen molar-refractivity contribution in [2.75, 3.05) is 19.1 Å². The van der Waals surface area contributed by atoms with Crippen LogP contribution in [0.15, 0.2) is 17.9 Å². The zero-order valence-corrected chi connectivity index (χ0v) is 11.0. The third kappa shape index (κ3) is 2.65. The number of anilines is 1. The van der Waals surface area contributed by atoms with Crippen LogP contribution in [0.5, 0.6) is 5.88 Å². The molecule has 0 amide bonds. The van der Waals surface area contributed by atoms with Crippen LogP contribution in [0.25, 0.3) is 0 Å². The molecule has 7 heteroatoms. The molecule has 2 aromatic heterocycles. The Hall–Kier alpha value is -1.40. The fourth-order valence-corrected chi connectivity index (χ4v) is 2.33. The highest BCUT2D eigenvalue weighted by atomic mass is 35.5. The quantitative estimate of drug-likeness (QED) is 0.853. The summed E-state index contributed by atoms with van der Waals surface area (Å²) < 4.78 is 9.29. The Morgan fingerprint density at radius 3 is 3.06 bits per heavy atom. The Morgan fingerprint density at radius 2 is 2.35 bits per heavy atom. The molecule has 0 saturated carbocycles. The molecule has 2 rings (SSSR count). The molecule has 17 heavy (non-hydrogen) atoms. The van der Waals surface area contributed by atoms with Crippen LogP contribution in [0.4, 0.5) is 5.82 Å². The van der Waals surface area contributed by atoms with Crippen molar-refractivity contribution in [1.82, 2.24) is 14.3 Å². The zero-order valence-electron chi connectivity index (χ0n) is 9.42. The van der Waals surface area contributed by atoms with Gasteiger partial charge in [-0.25, -0.2) is 9.97 Å². The molecule has 0 atom stereocenters. The topological polar surface area (TPSA) is 51.1 Å². The van der Waals surface area contributed by atoms with E-state index < -0.39 is 0 Å². The van der Waals surface area contributed by atoms with E-state index in [0.29, 0.717) is 23.3 Å². The largest absolute Gasteiger partial charge is 0.480 e. The van der Waals surface area contributed by atoms with Crippen LogP contribution < -0.4 is 9.64 Å². The maximum absolute atomic E-state index is 6.02. The van der Waals surface area contributed by atoms with Crippen LogP contribution >= 0.6 is 23.1 Å². The molecule has 90 valence electrons. The van der Waals surface area contributed by atoms with Gasteiger partial charge in [0.2, 0.25) is 5.88 Å². The zero-order chi connectivity index (χ0) is 12.3. The van der Waals surface area contributed by atoms with Gasteiger partial charge in [0.15, 0.2) is 5.82 Å². The second-order valence-corrected chi connectivity index (χ2v) is 4.44. The van der Waals surface area contributed by atoms with Gasteiger partial charge in [0.1, 0.15) is 11.3 Å². The van der Waals surface area contributed by atoms with E-state index in [9.17, 15) is 0 Å².